The molecule has 1 aliphatic rings. The zero-order valence-corrected chi connectivity index (χ0v) is 19.4. The first-order valence-corrected chi connectivity index (χ1v) is 11.5. The lowest BCUT2D eigenvalue weighted by atomic mass is 10.0. The van der Waals surface area contributed by atoms with Crippen LogP contribution in [0, 0.1) is 17.1 Å². The second-order valence-corrected chi connectivity index (χ2v) is 8.56. The summed E-state index contributed by atoms with van der Waals surface area (Å²) in [4.78, 5) is 16.9. The van der Waals surface area contributed by atoms with E-state index in [-0.39, 0.29) is 5.69 Å². The zero-order valence-electron chi connectivity index (χ0n) is 19.4. The summed E-state index contributed by atoms with van der Waals surface area (Å²) in [7, 11) is 0. The van der Waals surface area contributed by atoms with Crippen LogP contribution in [0.5, 0.6) is 0 Å². The van der Waals surface area contributed by atoms with Crippen molar-refractivity contribution in [3.8, 4) is 17.2 Å². The smallest absolute Gasteiger partial charge is 0.308 e. The molecule has 1 aliphatic heterocycles. The van der Waals surface area contributed by atoms with Gasteiger partial charge >= 0.3 is 12.2 Å². The number of rotatable bonds is 6. The summed E-state index contributed by atoms with van der Waals surface area (Å²) in [6, 6.07) is 18.2. The van der Waals surface area contributed by atoms with Gasteiger partial charge in [-0.1, -0.05) is 24.3 Å². The SMILES string of the molecule is N#Cc1cccc(-c2ccc(N(CCN3CCCC3)C(=O)Nc3ccc(F)c(C(F)(F)F)c3)cc2)c1. The summed E-state index contributed by atoms with van der Waals surface area (Å²) in [6.07, 6.45) is -2.71. The number of nitrogens with one attached hydrogen (secondary N) is 1. The van der Waals surface area contributed by atoms with E-state index < -0.39 is 23.6 Å². The number of benzene rings is 3. The van der Waals surface area contributed by atoms with E-state index in [0.717, 1.165) is 43.1 Å². The first-order chi connectivity index (χ1) is 17.2. The molecule has 0 spiro atoms. The van der Waals surface area contributed by atoms with E-state index in [2.05, 4.69) is 16.3 Å². The van der Waals surface area contributed by atoms with Crippen LogP contribution in [0.4, 0.5) is 33.7 Å². The number of urea groups is 1. The van der Waals surface area contributed by atoms with Crippen LogP contribution in [0.3, 0.4) is 0 Å². The highest BCUT2D eigenvalue weighted by atomic mass is 19.4. The third-order valence-corrected chi connectivity index (χ3v) is 6.11. The summed E-state index contributed by atoms with van der Waals surface area (Å²) in [5.74, 6) is -1.40. The predicted molar refractivity (Wildman–Crippen MR) is 130 cm³/mol. The van der Waals surface area contributed by atoms with Crippen LogP contribution in [0.15, 0.2) is 66.7 Å². The Morgan fingerprint density at radius 1 is 1.00 bits per heavy atom. The lowest BCUT2D eigenvalue weighted by molar-refractivity contribution is -0.139. The first-order valence-electron chi connectivity index (χ1n) is 11.5. The fourth-order valence-electron chi connectivity index (χ4n) is 4.21. The number of halogens is 4. The molecule has 0 aromatic heterocycles. The summed E-state index contributed by atoms with van der Waals surface area (Å²) < 4.78 is 53.0. The van der Waals surface area contributed by atoms with Crippen LogP contribution in [0.2, 0.25) is 0 Å². The Morgan fingerprint density at radius 2 is 1.72 bits per heavy atom. The first kappa shape index (κ1) is 25.2. The molecule has 0 bridgehead atoms. The van der Waals surface area contributed by atoms with Gasteiger partial charge in [-0.05, 0) is 79.5 Å². The van der Waals surface area contributed by atoms with Gasteiger partial charge in [0.15, 0.2) is 0 Å². The van der Waals surface area contributed by atoms with Gasteiger partial charge in [0.2, 0.25) is 0 Å². The number of carbonyl (C=O) groups is 1. The van der Waals surface area contributed by atoms with Crippen molar-refractivity contribution in [1.29, 1.82) is 5.26 Å². The molecule has 1 heterocycles. The van der Waals surface area contributed by atoms with Crippen molar-refractivity contribution >= 4 is 17.4 Å². The monoisotopic (exact) mass is 496 g/mol. The van der Waals surface area contributed by atoms with Crippen molar-refractivity contribution in [2.24, 2.45) is 0 Å². The molecule has 3 aromatic carbocycles. The number of nitrogens with zero attached hydrogens (tertiary/aromatic N) is 3. The minimum Gasteiger partial charge on any atom is -0.308 e. The van der Waals surface area contributed by atoms with E-state index >= 15 is 0 Å². The van der Waals surface area contributed by atoms with Gasteiger partial charge in [-0.25, -0.2) is 9.18 Å². The number of nitriles is 1. The van der Waals surface area contributed by atoms with E-state index in [9.17, 15) is 22.4 Å². The predicted octanol–water partition coefficient (Wildman–Crippen LogP) is 6.52. The Labute approximate surface area is 206 Å². The summed E-state index contributed by atoms with van der Waals surface area (Å²) in [6.45, 7) is 2.78. The molecular weight excluding hydrogens is 472 g/mol. The normalized spacial score (nSPS) is 13.9. The highest BCUT2D eigenvalue weighted by molar-refractivity contribution is 6.02. The number of anilines is 2. The van der Waals surface area contributed by atoms with Crippen LogP contribution >= 0.6 is 0 Å². The van der Waals surface area contributed by atoms with Gasteiger partial charge < -0.3 is 10.2 Å². The molecule has 186 valence electrons. The molecular formula is C27H24F4N4O. The minimum absolute atomic E-state index is 0.148. The van der Waals surface area contributed by atoms with E-state index in [0.29, 0.717) is 36.5 Å². The maximum Gasteiger partial charge on any atom is 0.419 e. The van der Waals surface area contributed by atoms with Crippen molar-refractivity contribution in [3.05, 3.63) is 83.7 Å². The van der Waals surface area contributed by atoms with Crippen LogP contribution < -0.4 is 10.2 Å². The topological polar surface area (TPSA) is 59.4 Å². The number of hydrogen-bond acceptors (Lipinski definition) is 3. The zero-order chi connectivity index (χ0) is 25.7. The van der Waals surface area contributed by atoms with Crippen LogP contribution in [0.25, 0.3) is 11.1 Å². The number of likely N-dealkylation sites (tertiary alicyclic amines) is 1. The highest BCUT2D eigenvalue weighted by Gasteiger charge is 2.34. The Balaban J connectivity index is 1.57. The molecule has 0 atom stereocenters. The molecule has 0 radical (unpaired) electrons. The second kappa shape index (κ2) is 10.8. The van der Waals surface area contributed by atoms with E-state index in [1.54, 1.807) is 30.3 Å². The standard InChI is InChI=1S/C27H24F4N4O/c28-25-11-8-22(17-24(25)27(29,30)31)33-26(36)35(15-14-34-12-1-2-13-34)23-9-6-20(7-10-23)21-5-3-4-19(16-21)18-32/h3-11,16-17H,1-2,12-15H2,(H,33,36). The van der Waals surface area contributed by atoms with Gasteiger partial charge in [-0.15, -0.1) is 0 Å². The molecule has 1 fully saturated rings. The second-order valence-electron chi connectivity index (χ2n) is 8.56. The van der Waals surface area contributed by atoms with Crippen molar-refractivity contribution < 1.29 is 22.4 Å². The molecule has 3 aromatic rings. The Kier molecular flexibility index (Phi) is 7.55. The number of amides is 2. The van der Waals surface area contributed by atoms with Gasteiger partial charge in [0.1, 0.15) is 5.82 Å². The number of carbonyl (C=O) groups excluding carboxylic acids is 1. The number of alkyl halides is 3. The lowest BCUT2D eigenvalue weighted by Crippen LogP contribution is -2.40. The summed E-state index contributed by atoms with van der Waals surface area (Å²) in [5.41, 5.74) is 1.20. The third kappa shape index (κ3) is 6.01. The molecule has 0 saturated carbocycles. The van der Waals surface area contributed by atoms with Gasteiger partial charge in [0, 0.05) is 24.5 Å². The van der Waals surface area contributed by atoms with Gasteiger partial charge in [0.25, 0.3) is 0 Å². The molecule has 5 nitrogen and oxygen atoms in total. The average Bonchev–Trinajstić information content (AvgIpc) is 3.39. The quantitative estimate of drug-likeness (QED) is 0.396. The van der Waals surface area contributed by atoms with Gasteiger partial charge in [-0.3, -0.25) is 4.90 Å². The Morgan fingerprint density at radius 3 is 2.39 bits per heavy atom. The van der Waals surface area contributed by atoms with Crippen LogP contribution in [-0.4, -0.2) is 37.1 Å². The molecule has 4 rings (SSSR count). The maximum absolute atomic E-state index is 13.7. The molecule has 1 saturated heterocycles. The largest absolute Gasteiger partial charge is 0.419 e. The van der Waals surface area contributed by atoms with Crippen molar-refractivity contribution in [1.82, 2.24) is 4.90 Å². The molecule has 36 heavy (non-hydrogen) atoms. The molecule has 2 amide bonds. The van der Waals surface area contributed by atoms with Crippen molar-refractivity contribution in [2.45, 2.75) is 19.0 Å². The van der Waals surface area contributed by atoms with E-state index in [1.165, 1.54) is 4.90 Å². The summed E-state index contributed by atoms with van der Waals surface area (Å²) in [5, 5.41) is 11.6. The average molecular weight is 497 g/mol. The third-order valence-electron chi connectivity index (χ3n) is 6.11. The van der Waals surface area contributed by atoms with Crippen LogP contribution in [0.1, 0.15) is 24.0 Å². The van der Waals surface area contributed by atoms with E-state index in [1.807, 2.05) is 18.2 Å². The van der Waals surface area contributed by atoms with Gasteiger partial charge in [-0.2, -0.15) is 18.4 Å². The van der Waals surface area contributed by atoms with Crippen molar-refractivity contribution in [2.75, 3.05) is 36.4 Å². The van der Waals surface area contributed by atoms with E-state index in [4.69, 9.17) is 5.26 Å². The molecule has 9 heteroatoms. The molecule has 0 unspecified atom stereocenters. The van der Waals surface area contributed by atoms with Crippen LogP contribution in [-0.2, 0) is 6.18 Å². The Bertz CT molecular complexity index is 1260. The fourth-order valence-corrected chi connectivity index (χ4v) is 4.21. The Hall–Kier alpha value is -3.90. The van der Waals surface area contributed by atoms with Crippen molar-refractivity contribution in [3.63, 3.8) is 0 Å². The highest BCUT2D eigenvalue weighted by Crippen LogP contribution is 2.33. The summed E-state index contributed by atoms with van der Waals surface area (Å²) >= 11 is 0. The fraction of sp³-hybridized carbons (Fsp3) is 0.259. The number of hydrogen-bond donors (Lipinski definition) is 1. The molecule has 0 aliphatic carbocycles. The lowest BCUT2D eigenvalue weighted by Gasteiger charge is -2.26. The van der Waals surface area contributed by atoms with Gasteiger partial charge in [0.05, 0.1) is 17.2 Å². The maximum atomic E-state index is 13.7. The minimum atomic E-state index is -4.88. The molecule has 1 N–H and O–H groups in total.